The van der Waals surface area contributed by atoms with E-state index in [1.54, 1.807) is 32.4 Å². The number of nitrogens with one attached hydrogen (secondary N) is 1. The average molecular weight is 220 g/mol. The van der Waals surface area contributed by atoms with Gasteiger partial charge < -0.3 is 15.9 Å². The molecule has 1 atom stereocenters. The third-order valence-corrected chi connectivity index (χ3v) is 2.28. The number of nitrogens with two attached hydrogens (primary N) is 1. The number of methoxy groups -OCH3 is 1. The SMILES string of the molecule is COc1ccc(N=C(N)C(C)C(C)=N)cn1. The maximum Gasteiger partial charge on any atom is 0.213 e. The number of aliphatic imine (C=N–C) groups is 1. The van der Waals surface area contributed by atoms with Gasteiger partial charge in [-0.3, -0.25) is 0 Å². The van der Waals surface area contributed by atoms with Gasteiger partial charge in [-0.15, -0.1) is 0 Å². The van der Waals surface area contributed by atoms with Crippen LogP contribution in [0.1, 0.15) is 13.8 Å². The quantitative estimate of drug-likeness (QED) is 0.599. The van der Waals surface area contributed by atoms with E-state index in [0.717, 1.165) is 0 Å². The van der Waals surface area contributed by atoms with Crippen molar-refractivity contribution in [3.63, 3.8) is 0 Å². The Morgan fingerprint density at radius 3 is 2.69 bits per heavy atom. The second-order valence-corrected chi connectivity index (χ2v) is 3.50. The molecule has 86 valence electrons. The molecular weight excluding hydrogens is 204 g/mol. The van der Waals surface area contributed by atoms with Gasteiger partial charge in [0.25, 0.3) is 0 Å². The first-order chi connectivity index (χ1) is 7.54. The van der Waals surface area contributed by atoms with E-state index in [9.17, 15) is 0 Å². The van der Waals surface area contributed by atoms with Crippen molar-refractivity contribution in [1.29, 1.82) is 5.41 Å². The molecule has 0 fully saturated rings. The van der Waals surface area contributed by atoms with E-state index in [4.69, 9.17) is 15.9 Å². The first kappa shape index (κ1) is 12.2. The minimum Gasteiger partial charge on any atom is -0.481 e. The molecule has 1 rings (SSSR count). The van der Waals surface area contributed by atoms with Crippen molar-refractivity contribution in [1.82, 2.24) is 4.98 Å². The number of rotatable bonds is 4. The molecule has 16 heavy (non-hydrogen) atoms. The Kier molecular flexibility index (Phi) is 3.99. The molecule has 0 saturated carbocycles. The summed E-state index contributed by atoms with van der Waals surface area (Å²) in [6.07, 6.45) is 1.58. The van der Waals surface area contributed by atoms with Gasteiger partial charge >= 0.3 is 0 Å². The van der Waals surface area contributed by atoms with E-state index in [1.807, 2.05) is 6.92 Å². The molecule has 0 aliphatic carbocycles. The highest BCUT2D eigenvalue weighted by molar-refractivity contribution is 6.03. The van der Waals surface area contributed by atoms with E-state index in [2.05, 4.69) is 9.98 Å². The fraction of sp³-hybridized carbons (Fsp3) is 0.364. The number of ether oxygens (including phenoxy) is 1. The van der Waals surface area contributed by atoms with Gasteiger partial charge in [0.05, 0.1) is 24.9 Å². The van der Waals surface area contributed by atoms with Crippen molar-refractivity contribution >= 4 is 17.2 Å². The Morgan fingerprint density at radius 1 is 1.56 bits per heavy atom. The van der Waals surface area contributed by atoms with Crippen molar-refractivity contribution < 1.29 is 4.74 Å². The third-order valence-electron chi connectivity index (χ3n) is 2.28. The summed E-state index contributed by atoms with van der Waals surface area (Å²) in [5.41, 5.74) is 6.92. The fourth-order valence-electron chi connectivity index (χ4n) is 1.03. The number of aromatic nitrogens is 1. The van der Waals surface area contributed by atoms with Crippen LogP contribution in [0.2, 0.25) is 0 Å². The number of amidine groups is 1. The lowest BCUT2D eigenvalue weighted by molar-refractivity contribution is 0.398. The lowest BCUT2D eigenvalue weighted by Gasteiger charge is -2.08. The summed E-state index contributed by atoms with van der Waals surface area (Å²) >= 11 is 0. The zero-order valence-corrected chi connectivity index (χ0v) is 9.69. The Morgan fingerprint density at radius 2 is 2.25 bits per heavy atom. The number of hydrogen-bond acceptors (Lipinski definition) is 4. The van der Waals surface area contributed by atoms with Crippen LogP contribution in [0.4, 0.5) is 5.69 Å². The number of pyridine rings is 1. The van der Waals surface area contributed by atoms with E-state index in [1.165, 1.54) is 0 Å². The number of hydrogen-bond donors (Lipinski definition) is 2. The monoisotopic (exact) mass is 220 g/mol. The van der Waals surface area contributed by atoms with Crippen LogP contribution in [0.5, 0.6) is 5.88 Å². The van der Waals surface area contributed by atoms with Crippen molar-refractivity contribution in [2.24, 2.45) is 16.6 Å². The molecule has 5 heteroatoms. The molecule has 0 radical (unpaired) electrons. The Bertz CT molecular complexity index is 397. The molecule has 0 amide bonds. The Balaban J connectivity index is 2.85. The van der Waals surface area contributed by atoms with Gasteiger partial charge in [0.15, 0.2) is 0 Å². The molecule has 1 heterocycles. The van der Waals surface area contributed by atoms with Crippen molar-refractivity contribution in [2.45, 2.75) is 13.8 Å². The van der Waals surface area contributed by atoms with Crippen molar-refractivity contribution in [3.05, 3.63) is 18.3 Å². The second-order valence-electron chi connectivity index (χ2n) is 3.50. The maximum absolute atomic E-state index is 7.46. The highest BCUT2D eigenvalue weighted by atomic mass is 16.5. The molecular formula is C11H16N4O. The van der Waals surface area contributed by atoms with Crippen LogP contribution in [0.15, 0.2) is 23.3 Å². The van der Waals surface area contributed by atoms with Crippen LogP contribution in [-0.4, -0.2) is 23.6 Å². The summed E-state index contributed by atoms with van der Waals surface area (Å²) in [6, 6.07) is 3.48. The number of nitrogens with zero attached hydrogens (tertiary/aromatic N) is 2. The molecule has 1 aromatic heterocycles. The molecule has 0 bridgehead atoms. The third kappa shape index (κ3) is 3.05. The Hall–Kier alpha value is -1.91. The van der Waals surface area contributed by atoms with Crippen molar-refractivity contribution in [2.75, 3.05) is 7.11 Å². The summed E-state index contributed by atoms with van der Waals surface area (Å²) in [5, 5.41) is 7.46. The first-order valence-corrected chi connectivity index (χ1v) is 4.93. The van der Waals surface area contributed by atoms with Crippen LogP contribution in [0.3, 0.4) is 0 Å². The van der Waals surface area contributed by atoms with Gasteiger partial charge in [0.2, 0.25) is 5.88 Å². The fourth-order valence-corrected chi connectivity index (χ4v) is 1.03. The standard InChI is InChI=1S/C11H16N4O/c1-7(8(2)12)11(13)15-9-4-5-10(16-3)14-6-9/h4-7,12H,1-3H3,(H2,13,15). The minimum absolute atomic E-state index is 0.151. The van der Waals surface area contributed by atoms with Crippen LogP contribution in [0.25, 0.3) is 0 Å². The lowest BCUT2D eigenvalue weighted by Crippen LogP contribution is -2.25. The molecule has 3 N–H and O–H groups in total. The van der Waals surface area contributed by atoms with Crippen LogP contribution in [-0.2, 0) is 0 Å². The maximum atomic E-state index is 7.46. The molecule has 0 aliphatic rings. The molecule has 0 saturated heterocycles. The first-order valence-electron chi connectivity index (χ1n) is 4.93. The molecule has 5 nitrogen and oxygen atoms in total. The zero-order chi connectivity index (χ0) is 12.1. The van der Waals surface area contributed by atoms with E-state index in [0.29, 0.717) is 23.1 Å². The predicted molar refractivity (Wildman–Crippen MR) is 64.6 cm³/mol. The average Bonchev–Trinajstić information content (AvgIpc) is 2.28. The van der Waals surface area contributed by atoms with E-state index in [-0.39, 0.29) is 5.92 Å². The highest BCUT2D eigenvalue weighted by Gasteiger charge is 2.08. The van der Waals surface area contributed by atoms with E-state index >= 15 is 0 Å². The summed E-state index contributed by atoms with van der Waals surface area (Å²) in [7, 11) is 1.56. The normalized spacial score (nSPS) is 13.3. The van der Waals surface area contributed by atoms with Crippen LogP contribution >= 0.6 is 0 Å². The summed E-state index contributed by atoms with van der Waals surface area (Å²) in [6.45, 7) is 3.55. The van der Waals surface area contributed by atoms with Gasteiger partial charge in [-0.1, -0.05) is 6.92 Å². The van der Waals surface area contributed by atoms with E-state index < -0.39 is 0 Å². The van der Waals surface area contributed by atoms with Gasteiger partial charge in [-0.05, 0) is 13.0 Å². The highest BCUT2D eigenvalue weighted by Crippen LogP contribution is 2.15. The summed E-state index contributed by atoms with van der Waals surface area (Å²) in [4.78, 5) is 8.21. The second kappa shape index (κ2) is 5.25. The van der Waals surface area contributed by atoms with Crippen molar-refractivity contribution in [3.8, 4) is 5.88 Å². The predicted octanol–water partition coefficient (Wildman–Crippen LogP) is 1.75. The summed E-state index contributed by atoms with van der Waals surface area (Å²) < 4.78 is 4.93. The Labute approximate surface area is 94.9 Å². The summed E-state index contributed by atoms with van der Waals surface area (Å²) in [5.74, 6) is 0.801. The topological polar surface area (TPSA) is 84.4 Å². The largest absolute Gasteiger partial charge is 0.481 e. The molecule has 0 aliphatic heterocycles. The molecule has 1 aromatic rings. The van der Waals surface area contributed by atoms with Gasteiger partial charge in [-0.2, -0.15) is 0 Å². The smallest absolute Gasteiger partial charge is 0.213 e. The molecule has 0 spiro atoms. The lowest BCUT2D eigenvalue weighted by atomic mass is 10.1. The van der Waals surface area contributed by atoms with Crippen LogP contribution in [0, 0.1) is 11.3 Å². The molecule has 1 unspecified atom stereocenters. The molecule has 0 aromatic carbocycles. The van der Waals surface area contributed by atoms with Gasteiger partial charge in [0.1, 0.15) is 5.84 Å². The van der Waals surface area contributed by atoms with Gasteiger partial charge in [0, 0.05) is 11.8 Å². The zero-order valence-electron chi connectivity index (χ0n) is 9.69. The van der Waals surface area contributed by atoms with Crippen LogP contribution < -0.4 is 10.5 Å². The van der Waals surface area contributed by atoms with Gasteiger partial charge in [-0.25, -0.2) is 9.98 Å². The minimum atomic E-state index is -0.151.